The Morgan fingerprint density at radius 3 is 2.82 bits per heavy atom. The van der Waals surface area contributed by atoms with Crippen LogP contribution in [-0.2, 0) is 17.6 Å². The predicted molar refractivity (Wildman–Crippen MR) is 106 cm³/mol. The molecule has 2 heterocycles. The van der Waals surface area contributed by atoms with Crippen molar-refractivity contribution in [3.63, 3.8) is 0 Å². The lowest BCUT2D eigenvalue weighted by atomic mass is 10.1. The van der Waals surface area contributed by atoms with E-state index in [1.54, 1.807) is 11.1 Å². The van der Waals surface area contributed by atoms with Gasteiger partial charge in [-0.25, -0.2) is 9.97 Å². The third-order valence-electron chi connectivity index (χ3n) is 5.33. The van der Waals surface area contributed by atoms with Gasteiger partial charge in [0.05, 0.1) is 17.8 Å². The Bertz CT molecular complexity index is 849. The number of hydrogen-bond donors (Lipinski definition) is 1. The Morgan fingerprint density at radius 1 is 1.21 bits per heavy atom. The van der Waals surface area contributed by atoms with Crippen molar-refractivity contribution < 1.29 is 9.59 Å². The lowest BCUT2D eigenvalue weighted by Crippen LogP contribution is -2.41. The Hall–Kier alpha value is -2.76. The summed E-state index contributed by atoms with van der Waals surface area (Å²) in [4.78, 5) is 35.8. The van der Waals surface area contributed by atoms with Crippen LogP contribution in [0.4, 0.5) is 0 Å². The molecule has 1 saturated carbocycles. The van der Waals surface area contributed by atoms with Crippen molar-refractivity contribution in [2.75, 3.05) is 19.6 Å². The van der Waals surface area contributed by atoms with Crippen molar-refractivity contribution in [1.82, 2.24) is 20.2 Å². The largest absolute Gasteiger partial charge is 0.355 e. The van der Waals surface area contributed by atoms with E-state index in [2.05, 4.69) is 27.4 Å². The highest BCUT2D eigenvalue weighted by Gasteiger charge is 2.30. The fourth-order valence-corrected chi connectivity index (χ4v) is 3.59. The molecule has 1 aromatic heterocycles. The van der Waals surface area contributed by atoms with Gasteiger partial charge in [-0.05, 0) is 44.1 Å². The first-order valence-corrected chi connectivity index (χ1v) is 10.2. The fourth-order valence-electron chi connectivity index (χ4n) is 3.59. The first kappa shape index (κ1) is 18.6. The van der Waals surface area contributed by atoms with E-state index in [4.69, 9.17) is 0 Å². The summed E-state index contributed by atoms with van der Waals surface area (Å²) < 4.78 is 0. The van der Waals surface area contributed by atoms with E-state index in [9.17, 15) is 9.59 Å². The predicted octanol–water partition coefficient (Wildman–Crippen LogP) is 2.49. The lowest BCUT2D eigenvalue weighted by Gasteiger charge is -2.20. The molecule has 4 rings (SSSR count). The molecule has 6 heteroatoms. The molecular formula is C22H26N4O2. The average molecular weight is 378 g/mol. The molecule has 1 aromatic carbocycles. The normalized spacial score (nSPS) is 16.4. The molecule has 1 fully saturated rings. The number of carbonyl (C=O) groups is 2. The summed E-state index contributed by atoms with van der Waals surface area (Å²) in [5, 5.41) is 2.93. The van der Waals surface area contributed by atoms with Crippen molar-refractivity contribution in [1.29, 1.82) is 0 Å². The van der Waals surface area contributed by atoms with Gasteiger partial charge in [-0.2, -0.15) is 0 Å². The minimum absolute atomic E-state index is 0.0913. The summed E-state index contributed by atoms with van der Waals surface area (Å²) in [5.74, 6) is 1.10. The standard InChI is InChI=1S/C22H26N4O2/c27-20(23-12-4-8-16-6-2-1-3-7-16)15-26-13-5-9-19-18(22(26)28)14-24-21(25-19)17-10-11-17/h1-3,6-7,14,17H,4-5,8-13,15H2,(H,23,27). The Labute approximate surface area is 165 Å². The van der Waals surface area contributed by atoms with Crippen LogP contribution in [0.3, 0.4) is 0 Å². The quantitative estimate of drug-likeness (QED) is 0.751. The van der Waals surface area contributed by atoms with Crippen LogP contribution in [0.25, 0.3) is 0 Å². The average Bonchev–Trinajstić information content (AvgIpc) is 3.56. The number of hydrogen-bond acceptors (Lipinski definition) is 4. The zero-order valence-electron chi connectivity index (χ0n) is 16.1. The molecule has 0 unspecified atom stereocenters. The van der Waals surface area contributed by atoms with Gasteiger partial charge in [0.1, 0.15) is 5.82 Å². The molecule has 1 aliphatic carbocycles. The van der Waals surface area contributed by atoms with Crippen LogP contribution in [0.1, 0.15) is 59.0 Å². The van der Waals surface area contributed by atoms with Crippen LogP contribution in [0.2, 0.25) is 0 Å². The van der Waals surface area contributed by atoms with Crippen LogP contribution in [0, 0.1) is 0 Å². The van der Waals surface area contributed by atoms with Crippen LogP contribution in [0.15, 0.2) is 36.5 Å². The van der Waals surface area contributed by atoms with Gasteiger partial charge in [0.25, 0.3) is 5.91 Å². The minimum atomic E-state index is -0.130. The van der Waals surface area contributed by atoms with Gasteiger partial charge < -0.3 is 10.2 Å². The topological polar surface area (TPSA) is 75.2 Å². The van der Waals surface area contributed by atoms with Gasteiger partial charge in [0, 0.05) is 25.2 Å². The monoisotopic (exact) mass is 378 g/mol. The van der Waals surface area contributed by atoms with E-state index in [0.717, 1.165) is 50.0 Å². The summed E-state index contributed by atoms with van der Waals surface area (Å²) in [6.07, 6.45) is 7.34. The Balaban J connectivity index is 1.29. The van der Waals surface area contributed by atoms with Crippen LogP contribution >= 0.6 is 0 Å². The van der Waals surface area contributed by atoms with Crippen molar-refractivity contribution in [2.24, 2.45) is 0 Å². The molecule has 1 aliphatic heterocycles. The van der Waals surface area contributed by atoms with Gasteiger partial charge in [0.2, 0.25) is 5.91 Å². The summed E-state index contributed by atoms with van der Waals surface area (Å²) >= 11 is 0. The van der Waals surface area contributed by atoms with E-state index in [0.29, 0.717) is 24.6 Å². The number of aryl methyl sites for hydroxylation is 2. The molecule has 2 amide bonds. The van der Waals surface area contributed by atoms with E-state index < -0.39 is 0 Å². The zero-order valence-corrected chi connectivity index (χ0v) is 16.1. The number of benzene rings is 1. The fraction of sp³-hybridized carbons (Fsp3) is 0.455. The molecule has 2 aromatic rings. The Morgan fingerprint density at radius 2 is 2.04 bits per heavy atom. The highest BCUT2D eigenvalue weighted by molar-refractivity contribution is 5.97. The summed E-state index contributed by atoms with van der Waals surface area (Å²) in [6, 6.07) is 10.2. The number of nitrogens with one attached hydrogen (secondary N) is 1. The van der Waals surface area contributed by atoms with Crippen molar-refractivity contribution >= 4 is 11.8 Å². The molecule has 2 aliphatic rings. The van der Waals surface area contributed by atoms with E-state index in [1.807, 2.05) is 18.2 Å². The molecule has 1 N–H and O–H groups in total. The van der Waals surface area contributed by atoms with E-state index in [1.165, 1.54) is 5.56 Å². The Kier molecular flexibility index (Phi) is 5.65. The van der Waals surface area contributed by atoms with Gasteiger partial charge in [-0.3, -0.25) is 9.59 Å². The molecule has 28 heavy (non-hydrogen) atoms. The maximum absolute atomic E-state index is 12.8. The first-order valence-electron chi connectivity index (χ1n) is 10.2. The second-order valence-corrected chi connectivity index (χ2v) is 7.63. The lowest BCUT2D eigenvalue weighted by molar-refractivity contribution is -0.121. The third kappa shape index (κ3) is 4.55. The van der Waals surface area contributed by atoms with E-state index >= 15 is 0 Å². The van der Waals surface area contributed by atoms with Crippen LogP contribution < -0.4 is 5.32 Å². The number of amides is 2. The highest BCUT2D eigenvalue weighted by atomic mass is 16.2. The van der Waals surface area contributed by atoms with Gasteiger partial charge in [-0.1, -0.05) is 30.3 Å². The maximum atomic E-state index is 12.8. The smallest absolute Gasteiger partial charge is 0.257 e. The van der Waals surface area contributed by atoms with Gasteiger partial charge in [-0.15, -0.1) is 0 Å². The third-order valence-corrected chi connectivity index (χ3v) is 5.33. The van der Waals surface area contributed by atoms with Gasteiger partial charge in [0.15, 0.2) is 0 Å². The molecule has 0 saturated heterocycles. The SMILES string of the molecule is O=C(CN1CCCc2nc(C3CC3)ncc2C1=O)NCCCc1ccccc1. The van der Waals surface area contributed by atoms with Crippen molar-refractivity contribution in [3.05, 3.63) is 59.2 Å². The molecule has 146 valence electrons. The van der Waals surface area contributed by atoms with Crippen molar-refractivity contribution in [2.45, 2.75) is 44.4 Å². The molecule has 0 bridgehead atoms. The number of fused-ring (bicyclic) bond motifs is 1. The summed E-state index contributed by atoms with van der Waals surface area (Å²) in [5.41, 5.74) is 2.66. The van der Waals surface area contributed by atoms with Crippen molar-refractivity contribution in [3.8, 4) is 0 Å². The van der Waals surface area contributed by atoms with Crippen LogP contribution in [-0.4, -0.2) is 46.3 Å². The number of aromatic nitrogens is 2. The number of nitrogens with zero attached hydrogens (tertiary/aromatic N) is 3. The zero-order chi connectivity index (χ0) is 19.3. The molecule has 6 nitrogen and oxygen atoms in total. The molecule has 0 spiro atoms. The maximum Gasteiger partial charge on any atom is 0.257 e. The molecular weight excluding hydrogens is 352 g/mol. The highest BCUT2D eigenvalue weighted by Crippen LogP contribution is 2.38. The molecule has 0 atom stereocenters. The van der Waals surface area contributed by atoms with E-state index in [-0.39, 0.29) is 18.4 Å². The van der Waals surface area contributed by atoms with Crippen LogP contribution in [0.5, 0.6) is 0 Å². The molecule has 0 radical (unpaired) electrons. The summed E-state index contributed by atoms with van der Waals surface area (Å²) in [7, 11) is 0. The number of rotatable bonds is 7. The second kappa shape index (κ2) is 8.50. The number of carbonyl (C=O) groups excluding carboxylic acids is 2. The summed E-state index contributed by atoms with van der Waals surface area (Å²) in [6.45, 7) is 1.28. The van der Waals surface area contributed by atoms with Gasteiger partial charge >= 0.3 is 0 Å². The second-order valence-electron chi connectivity index (χ2n) is 7.63. The first-order chi connectivity index (χ1) is 13.7. The minimum Gasteiger partial charge on any atom is -0.355 e.